The first-order chi connectivity index (χ1) is 15.1. The van der Waals surface area contributed by atoms with Crippen LogP contribution in [-0.4, -0.2) is 28.7 Å². The molecule has 6 heteroatoms. The van der Waals surface area contributed by atoms with Gasteiger partial charge in [0.05, 0.1) is 23.6 Å². The van der Waals surface area contributed by atoms with E-state index in [1.165, 1.54) is 0 Å². The van der Waals surface area contributed by atoms with E-state index in [-0.39, 0.29) is 29.7 Å². The molecule has 1 aliphatic heterocycles. The van der Waals surface area contributed by atoms with E-state index in [4.69, 9.17) is 10.00 Å². The molecule has 0 radical (unpaired) electrons. The predicted octanol–water partition coefficient (Wildman–Crippen LogP) is 3.57. The monoisotopic (exact) mass is 410 g/mol. The third-order valence-electron chi connectivity index (χ3n) is 5.11. The topological polar surface area (TPSA) is 87.5 Å². The van der Waals surface area contributed by atoms with Gasteiger partial charge in [0, 0.05) is 6.42 Å². The van der Waals surface area contributed by atoms with Gasteiger partial charge in [-0.1, -0.05) is 54.6 Å². The number of hydrogen-bond donors (Lipinski definition) is 0. The zero-order valence-corrected chi connectivity index (χ0v) is 16.5. The fourth-order valence-electron chi connectivity index (χ4n) is 3.56. The summed E-state index contributed by atoms with van der Waals surface area (Å²) in [4.78, 5) is 40.1. The highest BCUT2D eigenvalue weighted by molar-refractivity contribution is 6.22. The Morgan fingerprint density at radius 3 is 2.00 bits per heavy atom. The quantitative estimate of drug-likeness (QED) is 0.352. The molecule has 0 N–H and O–H groups in total. The van der Waals surface area contributed by atoms with Gasteiger partial charge in [-0.2, -0.15) is 5.26 Å². The van der Waals surface area contributed by atoms with Crippen molar-refractivity contribution in [1.29, 1.82) is 5.26 Å². The molecule has 0 aliphatic carbocycles. The Hall–Kier alpha value is -4.24. The lowest BCUT2D eigenvalue weighted by atomic mass is 10.0. The van der Waals surface area contributed by atoms with Crippen molar-refractivity contribution in [2.45, 2.75) is 18.9 Å². The summed E-state index contributed by atoms with van der Waals surface area (Å²) in [5, 5.41) is 8.79. The van der Waals surface area contributed by atoms with E-state index in [1.807, 2.05) is 30.3 Å². The lowest BCUT2D eigenvalue weighted by Crippen LogP contribution is -2.48. The summed E-state index contributed by atoms with van der Waals surface area (Å²) in [7, 11) is 0. The maximum atomic E-state index is 13.1. The minimum Gasteiger partial charge on any atom is -0.425 e. The van der Waals surface area contributed by atoms with Crippen molar-refractivity contribution in [3.63, 3.8) is 0 Å². The van der Waals surface area contributed by atoms with Crippen molar-refractivity contribution in [3.05, 3.63) is 101 Å². The van der Waals surface area contributed by atoms with Gasteiger partial charge >= 0.3 is 5.97 Å². The molecule has 3 aromatic rings. The van der Waals surface area contributed by atoms with Crippen molar-refractivity contribution in [1.82, 2.24) is 4.90 Å². The third kappa shape index (κ3) is 4.07. The van der Waals surface area contributed by atoms with Gasteiger partial charge in [-0.3, -0.25) is 14.5 Å². The smallest absolute Gasteiger partial charge is 0.335 e. The highest BCUT2D eigenvalue weighted by Crippen LogP contribution is 2.27. The Morgan fingerprint density at radius 1 is 0.839 bits per heavy atom. The van der Waals surface area contributed by atoms with Gasteiger partial charge in [0.15, 0.2) is 0 Å². The highest BCUT2D eigenvalue weighted by Gasteiger charge is 2.43. The van der Waals surface area contributed by atoms with Crippen LogP contribution in [-0.2, 0) is 17.6 Å². The lowest BCUT2D eigenvalue weighted by molar-refractivity contribution is -0.138. The maximum Gasteiger partial charge on any atom is 0.335 e. The molecule has 0 saturated heterocycles. The number of carbonyl (C=O) groups is 3. The first kappa shape index (κ1) is 20.0. The van der Waals surface area contributed by atoms with Crippen LogP contribution in [0.2, 0.25) is 0 Å². The van der Waals surface area contributed by atoms with Crippen LogP contribution in [0.4, 0.5) is 0 Å². The molecule has 6 nitrogen and oxygen atoms in total. The molecule has 31 heavy (non-hydrogen) atoms. The van der Waals surface area contributed by atoms with E-state index >= 15 is 0 Å². The molecule has 0 bridgehead atoms. The van der Waals surface area contributed by atoms with Crippen molar-refractivity contribution < 1.29 is 19.1 Å². The number of fused-ring (bicyclic) bond motifs is 1. The Labute approximate surface area is 179 Å². The largest absolute Gasteiger partial charge is 0.425 e. The average Bonchev–Trinajstić information content (AvgIpc) is 3.05. The van der Waals surface area contributed by atoms with Crippen LogP contribution >= 0.6 is 0 Å². The normalized spacial score (nSPS) is 13.5. The Kier molecular flexibility index (Phi) is 5.59. The van der Waals surface area contributed by atoms with Gasteiger partial charge in [0.1, 0.15) is 11.8 Å². The van der Waals surface area contributed by atoms with Gasteiger partial charge < -0.3 is 4.74 Å². The first-order valence-corrected chi connectivity index (χ1v) is 9.77. The number of amides is 2. The number of imide groups is 1. The third-order valence-corrected chi connectivity index (χ3v) is 5.11. The van der Waals surface area contributed by atoms with Crippen molar-refractivity contribution in [2.24, 2.45) is 0 Å². The first-order valence-electron chi connectivity index (χ1n) is 9.77. The van der Waals surface area contributed by atoms with Crippen LogP contribution in [0.25, 0.3) is 0 Å². The maximum absolute atomic E-state index is 13.1. The minimum atomic E-state index is -1.12. The molecule has 1 aliphatic rings. The summed E-state index contributed by atoms with van der Waals surface area (Å²) in [6.45, 7) is 0. The molecular weight excluding hydrogens is 392 g/mol. The summed E-state index contributed by atoms with van der Waals surface area (Å²) in [6.07, 6.45) is 0.386. The lowest BCUT2D eigenvalue weighted by Gasteiger charge is -2.24. The van der Waals surface area contributed by atoms with Crippen LogP contribution in [0.15, 0.2) is 78.9 Å². The van der Waals surface area contributed by atoms with Crippen LogP contribution in [0.1, 0.15) is 31.8 Å². The molecule has 0 unspecified atom stereocenters. The molecule has 4 rings (SSSR count). The second kappa shape index (κ2) is 8.64. The van der Waals surface area contributed by atoms with Gasteiger partial charge in [-0.25, -0.2) is 4.79 Å². The Morgan fingerprint density at radius 2 is 1.42 bits per heavy atom. The molecule has 152 valence electrons. The van der Waals surface area contributed by atoms with Gasteiger partial charge in [-0.05, 0) is 35.4 Å². The number of esters is 1. The van der Waals surface area contributed by atoms with E-state index in [2.05, 4.69) is 6.07 Å². The molecule has 3 aromatic carbocycles. The molecule has 0 fully saturated rings. The predicted molar refractivity (Wildman–Crippen MR) is 112 cm³/mol. The summed E-state index contributed by atoms with van der Waals surface area (Å²) in [5.41, 5.74) is 2.15. The van der Waals surface area contributed by atoms with E-state index in [1.54, 1.807) is 48.5 Å². The molecule has 1 atom stereocenters. The number of ether oxygens (including phenoxy) is 1. The number of carbonyl (C=O) groups excluding carboxylic acids is 3. The average molecular weight is 410 g/mol. The Balaban J connectivity index is 1.63. The van der Waals surface area contributed by atoms with E-state index < -0.39 is 23.8 Å². The number of benzene rings is 3. The molecule has 0 spiro atoms. The van der Waals surface area contributed by atoms with E-state index in [0.717, 1.165) is 16.0 Å². The molecule has 1 heterocycles. The fraction of sp³-hybridized carbons (Fsp3) is 0.120. The number of rotatable bonds is 6. The van der Waals surface area contributed by atoms with E-state index in [9.17, 15) is 14.4 Å². The summed E-state index contributed by atoms with van der Waals surface area (Å²) in [5.74, 6) is -1.45. The SMILES string of the molecule is N#CCc1ccc(OC(=O)[C@H](Cc2ccccc2)N2C(=O)c3ccccc3C2=O)cc1. The molecular formula is C25H18N2O4. The van der Waals surface area contributed by atoms with Gasteiger partial charge in [0.25, 0.3) is 11.8 Å². The second-order valence-electron chi connectivity index (χ2n) is 7.13. The molecule has 2 amide bonds. The van der Waals surface area contributed by atoms with Crippen molar-refractivity contribution in [3.8, 4) is 11.8 Å². The second-order valence-corrected chi connectivity index (χ2v) is 7.13. The van der Waals surface area contributed by atoms with E-state index in [0.29, 0.717) is 0 Å². The summed E-state index contributed by atoms with van der Waals surface area (Å²) < 4.78 is 5.52. The Bertz CT molecular complexity index is 1150. The van der Waals surface area contributed by atoms with Crippen LogP contribution in [0.3, 0.4) is 0 Å². The number of hydrogen-bond acceptors (Lipinski definition) is 5. The van der Waals surface area contributed by atoms with Crippen molar-refractivity contribution in [2.75, 3.05) is 0 Å². The molecule has 0 aromatic heterocycles. The fourth-order valence-corrected chi connectivity index (χ4v) is 3.56. The van der Waals surface area contributed by atoms with Gasteiger partial charge in [0.2, 0.25) is 0 Å². The zero-order chi connectivity index (χ0) is 21.8. The minimum absolute atomic E-state index is 0.137. The zero-order valence-electron chi connectivity index (χ0n) is 16.5. The number of nitrogens with zero attached hydrogens (tertiary/aromatic N) is 2. The summed E-state index contributed by atoms with van der Waals surface area (Å²) in [6, 6.07) is 23.2. The van der Waals surface area contributed by atoms with Crippen LogP contribution in [0, 0.1) is 11.3 Å². The van der Waals surface area contributed by atoms with Crippen molar-refractivity contribution >= 4 is 17.8 Å². The summed E-state index contributed by atoms with van der Waals surface area (Å²) >= 11 is 0. The van der Waals surface area contributed by atoms with Gasteiger partial charge in [-0.15, -0.1) is 0 Å². The number of nitriles is 1. The van der Waals surface area contributed by atoms with Crippen LogP contribution < -0.4 is 4.74 Å². The molecule has 0 saturated carbocycles. The van der Waals surface area contributed by atoms with Crippen LogP contribution in [0.5, 0.6) is 5.75 Å². The standard InChI is InChI=1S/C25H18N2O4/c26-15-14-17-10-12-19(13-11-17)31-25(30)22(16-18-6-2-1-3-7-18)27-23(28)20-8-4-5-9-21(20)24(27)29/h1-13,22H,14,16H2/t22-/m0/s1. The highest BCUT2D eigenvalue weighted by atomic mass is 16.5.